The van der Waals surface area contributed by atoms with Gasteiger partial charge in [-0.15, -0.1) is 11.3 Å². The number of rotatable bonds is 5. The molecule has 1 aromatic carbocycles. The lowest BCUT2D eigenvalue weighted by Gasteiger charge is -2.11. The van der Waals surface area contributed by atoms with Crippen molar-refractivity contribution in [1.29, 1.82) is 0 Å². The third kappa shape index (κ3) is 3.35. The number of thiophene rings is 1. The van der Waals surface area contributed by atoms with Crippen molar-refractivity contribution in [3.05, 3.63) is 51.7 Å². The van der Waals surface area contributed by atoms with Crippen molar-refractivity contribution >= 4 is 17.2 Å². The van der Waals surface area contributed by atoms with Crippen molar-refractivity contribution in [2.75, 3.05) is 7.11 Å². The summed E-state index contributed by atoms with van der Waals surface area (Å²) in [4.78, 5) is 12.6. The minimum absolute atomic E-state index is 0.0426. The van der Waals surface area contributed by atoms with Gasteiger partial charge in [-0.1, -0.05) is 25.1 Å². The Kier molecular flexibility index (Phi) is 4.58. The van der Waals surface area contributed by atoms with Crippen LogP contribution in [-0.4, -0.2) is 13.0 Å². The minimum Gasteiger partial charge on any atom is -0.496 e. The van der Waals surface area contributed by atoms with Crippen LogP contribution in [0.4, 0.5) is 0 Å². The maximum absolute atomic E-state index is 11.9. The van der Waals surface area contributed by atoms with Gasteiger partial charge in [0, 0.05) is 12.1 Å². The number of nitrogens with one attached hydrogen (secondary N) is 1. The van der Waals surface area contributed by atoms with Crippen LogP contribution in [0.1, 0.15) is 27.7 Å². The molecule has 4 heteroatoms. The maximum atomic E-state index is 11.9. The number of carbonyl (C=O) groups excluding carboxylic acids is 1. The molecule has 19 heavy (non-hydrogen) atoms. The molecule has 0 spiro atoms. The number of carbonyl (C=O) groups is 1. The largest absolute Gasteiger partial charge is 0.496 e. The lowest BCUT2D eigenvalue weighted by atomic mass is 10.1. The van der Waals surface area contributed by atoms with Crippen LogP contribution in [0.5, 0.6) is 5.75 Å². The molecule has 0 fully saturated rings. The predicted octanol–water partition coefficient (Wildman–Crippen LogP) is 3.25. The molecule has 1 N–H and O–H groups in total. The smallest absolute Gasteiger partial charge is 0.261 e. The van der Waals surface area contributed by atoms with Gasteiger partial charge in [-0.25, -0.2) is 0 Å². The second-order valence-electron chi connectivity index (χ2n) is 4.16. The van der Waals surface area contributed by atoms with Crippen LogP contribution < -0.4 is 10.1 Å². The first-order chi connectivity index (χ1) is 9.24. The van der Waals surface area contributed by atoms with Crippen molar-refractivity contribution in [3.63, 3.8) is 0 Å². The third-order valence-corrected chi connectivity index (χ3v) is 3.81. The van der Waals surface area contributed by atoms with Gasteiger partial charge in [0.1, 0.15) is 5.75 Å². The second kappa shape index (κ2) is 6.38. The average molecular weight is 275 g/mol. The molecule has 2 rings (SSSR count). The maximum Gasteiger partial charge on any atom is 0.261 e. The van der Waals surface area contributed by atoms with E-state index in [1.165, 1.54) is 16.9 Å². The molecule has 3 nitrogen and oxygen atoms in total. The van der Waals surface area contributed by atoms with Crippen LogP contribution in [0.15, 0.2) is 35.7 Å². The summed E-state index contributed by atoms with van der Waals surface area (Å²) in [5, 5.41) is 4.81. The number of amides is 1. The van der Waals surface area contributed by atoms with Crippen molar-refractivity contribution in [2.24, 2.45) is 0 Å². The SMILES string of the molecule is CCc1ccc(OC)c(CNC(=O)c2cccs2)c1. The number of hydrogen-bond donors (Lipinski definition) is 1. The van der Waals surface area contributed by atoms with Crippen LogP contribution in [0.3, 0.4) is 0 Å². The lowest BCUT2D eigenvalue weighted by Crippen LogP contribution is -2.22. The predicted molar refractivity (Wildman–Crippen MR) is 77.9 cm³/mol. The van der Waals surface area contributed by atoms with E-state index >= 15 is 0 Å². The number of methoxy groups -OCH3 is 1. The molecular formula is C15H17NO2S. The number of benzene rings is 1. The van der Waals surface area contributed by atoms with Crippen LogP contribution in [0, 0.1) is 0 Å². The highest BCUT2D eigenvalue weighted by atomic mass is 32.1. The molecule has 100 valence electrons. The summed E-state index contributed by atoms with van der Waals surface area (Å²) < 4.78 is 5.32. The number of hydrogen-bond acceptors (Lipinski definition) is 3. The molecule has 0 saturated heterocycles. The topological polar surface area (TPSA) is 38.3 Å². The summed E-state index contributed by atoms with van der Waals surface area (Å²) >= 11 is 1.44. The van der Waals surface area contributed by atoms with Crippen molar-refractivity contribution in [3.8, 4) is 5.75 Å². The van der Waals surface area contributed by atoms with Gasteiger partial charge in [-0.05, 0) is 29.5 Å². The second-order valence-corrected chi connectivity index (χ2v) is 5.11. The van der Waals surface area contributed by atoms with Crippen molar-refractivity contribution in [2.45, 2.75) is 19.9 Å². The molecule has 1 aromatic heterocycles. The van der Waals surface area contributed by atoms with E-state index in [0.717, 1.165) is 22.6 Å². The van der Waals surface area contributed by atoms with Crippen LogP contribution in [0.2, 0.25) is 0 Å². The zero-order chi connectivity index (χ0) is 13.7. The standard InChI is InChI=1S/C15H17NO2S/c1-3-11-6-7-13(18-2)12(9-11)10-16-15(17)14-5-4-8-19-14/h4-9H,3,10H2,1-2H3,(H,16,17). The summed E-state index contributed by atoms with van der Waals surface area (Å²) in [6, 6.07) is 9.76. The highest BCUT2D eigenvalue weighted by Crippen LogP contribution is 2.20. The summed E-state index contributed by atoms with van der Waals surface area (Å²) in [5.41, 5.74) is 2.24. The normalized spacial score (nSPS) is 10.2. The summed E-state index contributed by atoms with van der Waals surface area (Å²) in [6.07, 6.45) is 0.968. The van der Waals surface area contributed by atoms with Gasteiger partial charge in [0.15, 0.2) is 0 Å². The van der Waals surface area contributed by atoms with Gasteiger partial charge in [0.25, 0.3) is 5.91 Å². The Morgan fingerprint density at radius 2 is 2.21 bits per heavy atom. The molecule has 0 aliphatic rings. The fourth-order valence-electron chi connectivity index (χ4n) is 1.86. The van der Waals surface area contributed by atoms with Gasteiger partial charge < -0.3 is 10.1 Å². The molecule has 1 heterocycles. The first-order valence-electron chi connectivity index (χ1n) is 6.22. The van der Waals surface area contributed by atoms with E-state index in [2.05, 4.69) is 18.3 Å². The zero-order valence-corrected chi connectivity index (χ0v) is 11.9. The Labute approximate surface area is 117 Å². The molecule has 1 amide bonds. The molecule has 0 aliphatic carbocycles. The number of ether oxygens (including phenoxy) is 1. The van der Waals surface area contributed by atoms with Gasteiger partial charge >= 0.3 is 0 Å². The highest BCUT2D eigenvalue weighted by molar-refractivity contribution is 7.12. The molecule has 2 aromatic rings. The Hall–Kier alpha value is -1.81. The number of aryl methyl sites for hydroxylation is 1. The van der Waals surface area contributed by atoms with E-state index in [1.54, 1.807) is 7.11 Å². The van der Waals surface area contributed by atoms with E-state index in [0.29, 0.717) is 6.54 Å². The third-order valence-electron chi connectivity index (χ3n) is 2.94. The van der Waals surface area contributed by atoms with Gasteiger partial charge in [0.05, 0.1) is 12.0 Å². The molecule has 0 saturated carbocycles. The van der Waals surface area contributed by atoms with Crippen molar-refractivity contribution < 1.29 is 9.53 Å². The summed E-state index contributed by atoms with van der Waals surface area (Å²) in [5.74, 6) is 0.766. The van der Waals surface area contributed by atoms with Gasteiger partial charge in [-0.3, -0.25) is 4.79 Å². The van der Waals surface area contributed by atoms with Crippen LogP contribution in [0.25, 0.3) is 0 Å². The minimum atomic E-state index is -0.0426. The van der Waals surface area contributed by atoms with E-state index < -0.39 is 0 Å². The Morgan fingerprint density at radius 1 is 1.37 bits per heavy atom. The molecule has 0 radical (unpaired) electrons. The fourth-order valence-corrected chi connectivity index (χ4v) is 2.50. The van der Waals surface area contributed by atoms with Gasteiger partial charge in [-0.2, -0.15) is 0 Å². The fraction of sp³-hybridized carbons (Fsp3) is 0.267. The van der Waals surface area contributed by atoms with Crippen molar-refractivity contribution in [1.82, 2.24) is 5.32 Å². The molecule has 0 bridgehead atoms. The highest BCUT2D eigenvalue weighted by Gasteiger charge is 2.08. The monoisotopic (exact) mass is 275 g/mol. The van der Waals surface area contributed by atoms with E-state index in [1.807, 2.05) is 29.6 Å². The molecular weight excluding hydrogens is 258 g/mol. The van der Waals surface area contributed by atoms with E-state index in [4.69, 9.17) is 4.74 Å². The Morgan fingerprint density at radius 3 is 2.84 bits per heavy atom. The summed E-state index contributed by atoms with van der Waals surface area (Å²) in [6.45, 7) is 2.59. The first kappa shape index (κ1) is 13.6. The molecule has 0 unspecified atom stereocenters. The van der Waals surface area contributed by atoms with Gasteiger partial charge in [0.2, 0.25) is 0 Å². The van der Waals surface area contributed by atoms with E-state index in [-0.39, 0.29) is 5.91 Å². The van der Waals surface area contributed by atoms with Crippen LogP contribution >= 0.6 is 11.3 Å². The molecule has 0 atom stereocenters. The summed E-state index contributed by atoms with van der Waals surface area (Å²) in [7, 11) is 1.64. The van der Waals surface area contributed by atoms with E-state index in [9.17, 15) is 4.79 Å². The van der Waals surface area contributed by atoms with Crippen LogP contribution in [-0.2, 0) is 13.0 Å². The molecule has 0 aliphatic heterocycles. The lowest BCUT2D eigenvalue weighted by molar-refractivity contribution is 0.0954. The quantitative estimate of drug-likeness (QED) is 0.909. The Bertz CT molecular complexity index is 549. The Balaban J connectivity index is 2.08. The average Bonchev–Trinajstić information content (AvgIpc) is 2.98. The first-order valence-corrected chi connectivity index (χ1v) is 7.10. The zero-order valence-electron chi connectivity index (χ0n) is 11.1.